The molecule has 2 aromatic rings. The summed E-state index contributed by atoms with van der Waals surface area (Å²) in [6, 6.07) is 0.987. The van der Waals surface area contributed by atoms with Crippen molar-refractivity contribution in [1.29, 1.82) is 0 Å². The highest BCUT2D eigenvalue weighted by molar-refractivity contribution is 7.90. The fraction of sp³-hybridized carbons (Fsp3) is 0.667. The summed E-state index contributed by atoms with van der Waals surface area (Å²) >= 11 is 0. The van der Waals surface area contributed by atoms with Gasteiger partial charge in [-0.3, -0.25) is 4.68 Å². The van der Waals surface area contributed by atoms with E-state index in [1.165, 1.54) is 0 Å². The summed E-state index contributed by atoms with van der Waals surface area (Å²) < 4.78 is 30.8. The number of hydrogen-bond donors (Lipinski definition) is 1. The molecular formula is C18H27N7O3S. The fourth-order valence-electron chi connectivity index (χ4n) is 4.12. The predicted molar refractivity (Wildman–Crippen MR) is 105 cm³/mol. The number of sulfonamides is 1. The number of rotatable bonds is 6. The van der Waals surface area contributed by atoms with Crippen LogP contribution in [0, 0.1) is 0 Å². The highest BCUT2D eigenvalue weighted by Gasteiger charge is 2.35. The predicted octanol–water partition coefficient (Wildman–Crippen LogP) is 1.47. The molecule has 0 bridgehead atoms. The summed E-state index contributed by atoms with van der Waals surface area (Å²) in [7, 11) is -3.71. The summed E-state index contributed by atoms with van der Waals surface area (Å²) in [5, 5.41) is 12.7. The highest BCUT2D eigenvalue weighted by Crippen LogP contribution is 2.32. The molecule has 2 aromatic heterocycles. The zero-order valence-corrected chi connectivity index (χ0v) is 17.2. The van der Waals surface area contributed by atoms with E-state index in [-0.39, 0.29) is 11.8 Å². The Morgan fingerprint density at radius 1 is 1.17 bits per heavy atom. The third kappa shape index (κ3) is 4.60. The van der Waals surface area contributed by atoms with Gasteiger partial charge in [-0.2, -0.15) is 5.10 Å². The molecule has 1 atom stereocenters. The monoisotopic (exact) mass is 421 g/mol. The van der Waals surface area contributed by atoms with E-state index in [0.29, 0.717) is 19.5 Å². The number of carbonyl (C=O) groups excluding carboxylic acids is 1. The Hall–Kier alpha value is -2.43. The van der Waals surface area contributed by atoms with Gasteiger partial charge in [-0.25, -0.2) is 17.9 Å². The van der Waals surface area contributed by atoms with Gasteiger partial charge in [0, 0.05) is 38.4 Å². The first-order valence-corrected chi connectivity index (χ1v) is 11.9. The molecule has 1 saturated heterocycles. The third-order valence-corrected chi connectivity index (χ3v) is 6.86. The van der Waals surface area contributed by atoms with Crippen LogP contribution in [-0.4, -0.2) is 56.2 Å². The molecule has 29 heavy (non-hydrogen) atoms. The molecule has 0 spiro atoms. The van der Waals surface area contributed by atoms with Crippen molar-refractivity contribution in [3.63, 3.8) is 0 Å². The number of amides is 2. The number of nitrogens with one attached hydrogen (secondary N) is 1. The maximum atomic E-state index is 12.8. The molecule has 1 unspecified atom stereocenters. The van der Waals surface area contributed by atoms with Crippen molar-refractivity contribution < 1.29 is 13.2 Å². The van der Waals surface area contributed by atoms with Crippen molar-refractivity contribution in [2.24, 2.45) is 0 Å². The Balaban J connectivity index is 1.39. The van der Waals surface area contributed by atoms with Crippen LogP contribution < -0.4 is 4.72 Å². The lowest BCUT2D eigenvalue weighted by molar-refractivity contribution is 0.195. The summed E-state index contributed by atoms with van der Waals surface area (Å²) in [4.78, 5) is 14.3. The number of urea groups is 1. The quantitative estimate of drug-likeness (QED) is 0.755. The van der Waals surface area contributed by atoms with Crippen molar-refractivity contribution in [1.82, 2.24) is 34.2 Å². The molecule has 0 aromatic carbocycles. The molecule has 2 amide bonds. The van der Waals surface area contributed by atoms with Crippen LogP contribution in [0.15, 0.2) is 18.5 Å². The lowest BCUT2D eigenvalue weighted by Gasteiger charge is -2.24. The van der Waals surface area contributed by atoms with Gasteiger partial charge in [0.25, 0.3) is 0 Å². The summed E-state index contributed by atoms with van der Waals surface area (Å²) in [5.74, 6) is 1.62. The summed E-state index contributed by atoms with van der Waals surface area (Å²) in [6.45, 7) is 1.86. The van der Waals surface area contributed by atoms with Crippen LogP contribution in [0.3, 0.4) is 0 Å². The molecule has 1 N–H and O–H groups in total. The van der Waals surface area contributed by atoms with E-state index in [2.05, 4.69) is 24.6 Å². The SMILES string of the molecule is O=C(NS(=O)(=O)CCCn1cccn1)N1CCCC1c1nnc2n1CCCCC2. The molecule has 11 heteroatoms. The minimum Gasteiger partial charge on any atom is -0.314 e. The molecule has 0 saturated carbocycles. The van der Waals surface area contributed by atoms with Crippen LogP contribution in [-0.2, 0) is 29.5 Å². The highest BCUT2D eigenvalue weighted by atomic mass is 32.2. The molecule has 4 heterocycles. The molecule has 10 nitrogen and oxygen atoms in total. The van der Waals surface area contributed by atoms with Crippen molar-refractivity contribution in [3.8, 4) is 0 Å². The van der Waals surface area contributed by atoms with E-state index in [1.54, 1.807) is 28.0 Å². The standard InChI is InChI=1S/C18H27N7O3S/c26-18(22-29(27,28)14-6-11-23-10-5-9-19-23)24-13-4-7-15(24)17-21-20-16-8-2-1-3-12-25(16)17/h5,9-10,15H,1-4,6-8,11-14H2,(H,22,26). The zero-order chi connectivity index (χ0) is 20.3. The van der Waals surface area contributed by atoms with Crippen LogP contribution in [0.4, 0.5) is 4.79 Å². The largest absolute Gasteiger partial charge is 0.331 e. The van der Waals surface area contributed by atoms with E-state index in [1.807, 2.05) is 0 Å². The van der Waals surface area contributed by atoms with Gasteiger partial charge in [-0.05, 0) is 38.2 Å². The average molecular weight is 422 g/mol. The zero-order valence-electron chi connectivity index (χ0n) is 16.4. The third-order valence-electron chi connectivity index (χ3n) is 5.55. The molecule has 4 rings (SSSR count). The maximum Gasteiger partial charge on any atom is 0.331 e. The van der Waals surface area contributed by atoms with E-state index in [4.69, 9.17) is 0 Å². The number of likely N-dealkylation sites (tertiary alicyclic amines) is 1. The van der Waals surface area contributed by atoms with Crippen molar-refractivity contribution in [2.45, 2.75) is 64.1 Å². The number of nitrogens with zero attached hydrogens (tertiary/aromatic N) is 6. The Labute approximate surface area is 170 Å². The number of fused-ring (bicyclic) bond motifs is 1. The molecular weight excluding hydrogens is 394 g/mol. The van der Waals surface area contributed by atoms with Crippen LogP contribution in [0.25, 0.3) is 0 Å². The van der Waals surface area contributed by atoms with Crippen molar-refractivity contribution in [2.75, 3.05) is 12.3 Å². The molecule has 1 fully saturated rings. The second kappa shape index (κ2) is 8.52. The first-order valence-electron chi connectivity index (χ1n) is 10.2. The Morgan fingerprint density at radius 2 is 2.07 bits per heavy atom. The van der Waals surface area contributed by atoms with E-state index < -0.39 is 16.1 Å². The lowest BCUT2D eigenvalue weighted by atomic mass is 10.2. The fourth-order valence-corrected chi connectivity index (χ4v) is 5.12. The average Bonchev–Trinajstić information content (AvgIpc) is 3.40. The first-order chi connectivity index (χ1) is 14.0. The number of aromatic nitrogens is 5. The first kappa shape index (κ1) is 19.9. The van der Waals surface area contributed by atoms with Crippen LogP contribution in [0.2, 0.25) is 0 Å². The van der Waals surface area contributed by atoms with Crippen LogP contribution in [0.5, 0.6) is 0 Å². The summed E-state index contributed by atoms with van der Waals surface area (Å²) in [5.41, 5.74) is 0. The molecule has 0 radical (unpaired) electrons. The maximum absolute atomic E-state index is 12.8. The molecule has 2 aliphatic heterocycles. The smallest absolute Gasteiger partial charge is 0.314 e. The minimum atomic E-state index is -3.71. The van der Waals surface area contributed by atoms with Gasteiger partial charge >= 0.3 is 6.03 Å². The summed E-state index contributed by atoms with van der Waals surface area (Å²) in [6.07, 6.45) is 9.63. The van der Waals surface area contributed by atoms with Gasteiger partial charge in [0.2, 0.25) is 10.0 Å². The normalized spacial score (nSPS) is 19.7. The van der Waals surface area contributed by atoms with Crippen LogP contribution >= 0.6 is 0 Å². The molecule has 2 aliphatic rings. The van der Waals surface area contributed by atoms with Crippen LogP contribution in [0.1, 0.15) is 56.2 Å². The minimum absolute atomic E-state index is 0.128. The van der Waals surface area contributed by atoms with E-state index in [0.717, 1.165) is 56.7 Å². The Bertz CT molecular complexity index is 939. The van der Waals surface area contributed by atoms with Gasteiger partial charge in [0.1, 0.15) is 5.82 Å². The molecule has 0 aliphatic carbocycles. The van der Waals surface area contributed by atoms with E-state index in [9.17, 15) is 13.2 Å². The Kier molecular flexibility index (Phi) is 5.84. The Morgan fingerprint density at radius 3 is 2.90 bits per heavy atom. The van der Waals surface area contributed by atoms with Crippen molar-refractivity contribution in [3.05, 3.63) is 30.1 Å². The second-order valence-corrected chi connectivity index (χ2v) is 9.48. The van der Waals surface area contributed by atoms with Gasteiger partial charge in [0.05, 0.1) is 11.8 Å². The van der Waals surface area contributed by atoms with E-state index >= 15 is 0 Å². The number of aryl methyl sites for hydroxylation is 2. The topological polar surface area (TPSA) is 115 Å². The number of hydrogen-bond acceptors (Lipinski definition) is 6. The molecule has 158 valence electrons. The van der Waals surface area contributed by atoms with Crippen molar-refractivity contribution >= 4 is 16.1 Å². The second-order valence-electron chi connectivity index (χ2n) is 7.64. The van der Waals surface area contributed by atoms with Gasteiger partial charge in [-0.15, -0.1) is 10.2 Å². The van der Waals surface area contributed by atoms with Gasteiger partial charge in [0.15, 0.2) is 5.82 Å². The van der Waals surface area contributed by atoms with Gasteiger partial charge < -0.3 is 9.47 Å². The van der Waals surface area contributed by atoms with Gasteiger partial charge in [-0.1, -0.05) is 6.42 Å². The number of carbonyl (C=O) groups is 1. The lowest BCUT2D eigenvalue weighted by Crippen LogP contribution is -2.43.